The van der Waals surface area contributed by atoms with E-state index in [1.807, 2.05) is 12.5 Å². The van der Waals surface area contributed by atoms with Gasteiger partial charge in [-0.1, -0.05) is 6.92 Å². The fourth-order valence-corrected chi connectivity index (χ4v) is 1.54. The monoisotopic (exact) mass is 136 g/mol. The molecular weight excluding hydrogens is 124 g/mol. The number of rotatable bonds is 0. The van der Waals surface area contributed by atoms with Crippen molar-refractivity contribution < 1.29 is 0 Å². The summed E-state index contributed by atoms with van der Waals surface area (Å²) >= 11 is 0. The zero-order valence-corrected chi connectivity index (χ0v) is 6.25. The number of hydrogen-bond acceptors (Lipinski definition) is 1. The van der Waals surface area contributed by atoms with Gasteiger partial charge in [0.15, 0.2) is 0 Å². The van der Waals surface area contributed by atoms with Crippen LogP contribution in [0, 0.1) is 5.92 Å². The molecule has 0 amide bonds. The fraction of sp³-hybridized carbons (Fsp3) is 0.625. The van der Waals surface area contributed by atoms with Gasteiger partial charge in [-0.25, -0.2) is 4.98 Å². The first kappa shape index (κ1) is 5.96. The Labute approximate surface area is 60.9 Å². The van der Waals surface area contributed by atoms with E-state index < -0.39 is 0 Å². The summed E-state index contributed by atoms with van der Waals surface area (Å²) in [5, 5.41) is 0. The smallest absolute Gasteiger partial charge is 0.0948 e. The van der Waals surface area contributed by atoms with Crippen LogP contribution in [0.5, 0.6) is 0 Å². The van der Waals surface area contributed by atoms with Crippen LogP contribution in [-0.4, -0.2) is 9.55 Å². The van der Waals surface area contributed by atoms with Crippen LogP contribution in [0.15, 0.2) is 12.5 Å². The highest BCUT2D eigenvalue weighted by Gasteiger charge is 2.13. The third-order valence-corrected chi connectivity index (χ3v) is 2.22. The van der Waals surface area contributed by atoms with Crippen molar-refractivity contribution in [3.05, 3.63) is 18.2 Å². The van der Waals surface area contributed by atoms with Gasteiger partial charge in [-0.3, -0.25) is 0 Å². The van der Waals surface area contributed by atoms with E-state index in [-0.39, 0.29) is 0 Å². The number of hydrogen-bond donors (Lipinski definition) is 0. The molecule has 0 aromatic carbocycles. The second-order valence-corrected chi connectivity index (χ2v) is 3.18. The predicted molar refractivity (Wildman–Crippen MR) is 39.7 cm³/mol. The number of nitrogens with zero attached hydrogens (tertiary/aromatic N) is 2. The molecule has 2 rings (SSSR count). The molecule has 0 unspecified atom stereocenters. The molecule has 0 saturated carbocycles. The molecule has 1 aliphatic rings. The minimum atomic E-state index is 0.851. The molecule has 1 aliphatic heterocycles. The van der Waals surface area contributed by atoms with Crippen molar-refractivity contribution in [1.82, 2.24) is 9.55 Å². The summed E-state index contributed by atoms with van der Waals surface area (Å²) in [6, 6.07) is 0. The molecule has 2 heterocycles. The molecule has 0 radical (unpaired) electrons. The lowest BCUT2D eigenvalue weighted by Crippen LogP contribution is -2.15. The highest BCUT2D eigenvalue weighted by atomic mass is 15.0. The van der Waals surface area contributed by atoms with E-state index in [1.165, 1.54) is 18.5 Å². The van der Waals surface area contributed by atoms with E-state index in [1.54, 1.807) is 0 Å². The van der Waals surface area contributed by atoms with Crippen molar-refractivity contribution in [1.29, 1.82) is 0 Å². The Hall–Kier alpha value is -0.790. The van der Waals surface area contributed by atoms with Crippen molar-refractivity contribution >= 4 is 0 Å². The van der Waals surface area contributed by atoms with E-state index in [9.17, 15) is 0 Å². The van der Waals surface area contributed by atoms with Gasteiger partial charge < -0.3 is 4.57 Å². The predicted octanol–water partition coefficient (Wildman–Crippen LogP) is 1.47. The Balaban J connectivity index is 2.30. The third-order valence-electron chi connectivity index (χ3n) is 2.22. The molecule has 0 spiro atoms. The average Bonchev–Trinajstić information content (AvgIpc) is 2.33. The van der Waals surface area contributed by atoms with Gasteiger partial charge in [-0.15, -0.1) is 0 Å². The average molecular weight is 136 g/mol. The molecule has 1 aromatic rings. The quantitative estimate of drug-likeness (QED) is 0.528. The fourth-order valence-electron chi connectivity index (χ4n) is 1.54. The summed E-state index contributed by atoms with van der Waals surface area (Å²) in [5.41, 5.74) is 1.40. The first-order valence-electron chi connectivity index (χ1n) is 3.85. The number of aromatic nitrogens is 2. The standard InChI is InChI=1S/C8H12N2/c1-7-2-3-10-6-9-5-8(10)4-7/h5-7H,2-4H2,1H3/t7-/m0/s1. The maximum absolute atomic E-state index is 4.10. The lowest BCUT2D eigenvalue weighted by Gasteiger charge is -2.19. The lowest BCUT2D eigenvalue weighted by molar-refractivity contribution is 0.417. The summed E-state index contributed by atoms with van der Waals surface area (Å²) in [5.74, 6) is 0.851. The second-order valence-electron chi connectivity index (χ2n) is 3.18. The maximum Gasteiger partial charge on any atom is 0.0948 e. The first-order chi connectivity index (χ1) is 4.86. The molecule has 10 heavy (non-hydrogen) atoms. The number of aryl methyl sites for hydroxylation is 1. The lowest BCUT2D eigenvalue weighted by atomic mass is 9.99. The van der Waals surface area contributed by atoms with Gasteiger partial charge in [0.1, 0.15) is 0 Å². The summed E-state index contributed by atoms with van der Waals surface area (Å²) < 4.78 is 2.25. The Bertz CT molecular complexity index is 227. The van der Waals surface area contributed by atoms with Crippen LogP contribution in [0.25, 0.3) is 0 Å². The van der Waals surface area contributed by atoms with Crippen molar-refractivity contribution in [2.24, 2.45) is 5.92 Å². The Morgan fingerprint density at radius 3 is 3.50 bits per heavy atom. The normalized spacial score (nSPS) is 24.3. The number of fused-ring (bicyclic) bond motifs is 1. The first-order valence-corrected chi connectivity index (χ1v) is 3.85. The minimum absolute atomic E-state index is 0.851. The van der Waals surface area contributed by atoms with Gasteiger partial charge in [0.25, 0.3) is 0 Å². The van der Waals surface area contributed by atoms with Gasteiger partial charge in [0.05, 0.1) is 6.33 Å². The Morgan fingerprint density at radius 1 is 1.70 bits per heavy atom. The van der Waals surface area contributed by atoms with E-state index in [0.717, 1.165) is 12.5 Å². The van der Waals surface area contributed by atoms with Crippen molar-refractivity contribution in [3.8, 4) is 0 Å². The molecule has 2 heteroatoms. The molecule has 0 aliphatic carbocycles. The van der Waals surface area contributed by atoms with Gasteiger partial charge in [-0.05, 0) is 18.8 Å². The van der Waals surface area contributed by atoms with Crippen LogP contribution in [-0.2, 0) is 13.0 Å². The van der Waals surface area contributed by atoms with E-state index in [0.29, 0.717) is 0 Å². The third kappa shape index (κ3) is 0.838. The van der Waals surface area contributed by atoms with E-state index >= 15 is 0 Å². The minimum Gasteiger partial charge on any atom is -0.335 e. The van der Waals surface area contributed by atoms with Crippen LogP contribution < -0.4 is 0 Å². The van der Waals surface area contributed by atoms with Crippen LogP contribution in [0.4, 0.5) is 0 Å². The van der Waals surface area contributed by atoms with Gasteiger partial charge in [0.2, 0.25) is 0 Å². The van der Waals surface area contributed by atoms with Crippen LogP contribution in [0.2, 0.25) is 0 Å². The Kier molecular flexibility index (Phi) is 1.26. The van der Waals surface area contributed by atoms with Crippen LogP contribution in [0.3, 0.4) is 0 Å². The molecule has 54 valence electrons. The zero-order valence-electron chi connectivity index (χ0n) is 6.25. The largest absolute Gasteiger partial charge is 0.335 e. The van der Waals surface area contributed by atoms with E-state index in [2.05, 4.69) is 16.5 Å². The maximum atomic E-state index is 4.10. The zero-order chi connectivity index (χ0) is 6.97. The molecule has 1 aromatic heterocycles. The topological polar surface area (TPSA) is 17.8 Å². The van der Waals surface area contributed by atoms with Gasteiger partial charge in [0, 0.05) is 18.4 Å². The molecule has 0 fully saturated rings. The molecule has 0 bridgehead atoms. The molecule has 1 atom stereocenters. The SMILES string of the molecule is C[C@H]1CCn2cncc2C1. The molecule has 0 N–H and O–H groups in total. The summed E-state index contributed by atoms with van der Waals surface area (Å²) in [7, 11) is 0. The number of imidazole rings is 1. The summed E-state index contributed by atoms with van der Waals surface area (Å²) in [6.45, 7) is 3.47. The second kappa shape index (κ2) is 2.11. The molecule has 2 nitrogen and oxygen atoms in total. The van der Waals surface area contributed by atoms with Gasteiger partial charge >= 0.3 is 0 Å². The molecular formula is C8H12N2. The Morgan fingerprint density at radius 2 is 2.60 bits per heavy atom. The summed E-state index contributed by atoms with van der Waals surface area (Å²) in [4.78, 5) is 4.10. The van der Waals surface area contributed by atoms with Crippen molar-refractivity contribution in [2.45, 2.75) is 26.3 Å². The summed E-state index contributed by atoms with van der Waals surface area (Å²) in [6.07, 6.45) is 6.43. The van der Waals surface area contributed by atoms with Gasteiger partial charge in [-0.2, -0.15) is 0 Å². The van der Waals surface area contributed by atoms with E-state index in [4.69, 9.17) is 0 Å². The highest BCUT2D eigenvalue weighted by Crippen LogP contribution is 2.18. The highest BCUT2D eigenvalue weighted by molar-refractivity contribution is 5.01. The van der Waals surface area contributed by atoms with Crippen LogP contribution in [0.1, 0.15) is 19.0 Å². The molecule has 0 saturated heterocycles. The van der Waals surface area contributed by atoms with Crippen molar-refractivity contribution in [3.63, 3.8) is 0 Å². The van der Waals surface area contributed by atoms with Crippen LogP contribution >= 0.6 is 0 Å². The van der Waals surface area contributed by atoms with Crippen molar-refractivity contribution in [2.75, 3.05) is 0 Å².